The summed E-state index contributed by atoms with van der Waals surface area (Å²) >= 11 is 6.08. The van der Waals surface area contributed by atoms with Crippen molar-refractivity contribution in [2.24, 2.45) is 5.73 Å². The molecule has 1 amide bonds. The molecule has 0 aliphatic carbocycles. The number of aryl methyl sites for hydroxylation is 1. The van der Waals surface area contributed by atoms with E-state index >= 15 is 0 Å². The van der Waals surface area contributed by atoms with Gasteiger partial charge in [0.25, 0.3) is 5.91 Å². The van der Waals surface area contributed by atoms with Gasteiger partial charge in [-0.05, 0) is 25.6 Å². The fourth-order valence-corrected chi connectivity index (χ4v) is 3.08. The van der Waals surface area contributed by atoms with Crippen LogP contribution in [0.3, 0.4) is 0 Å². The summed E-state index contributed by atoms with van der Waals surface area (Å²) in [5, 5.41) is 3.14. The zero-order valence-electron chi connectivity index (χ0n) is 13.9. The minimum atomic E-state index is -1.40. The number of carbonyl (C=O) groups is 1. The first-order valence-corrected chi connectivity index (χ1v) is 8.84. The number of carbonyl (C=O) groups excluding carboxylic acids is 1. The maximum absolute atomic E-state index is 11.9. The van der Waals surface area contributed by atoms with E-state index < -0.39 is 16.9 Å². The van der Waals surface area contributed by atoms with Gasteiger partial charge < -0.3 is 15.8 Å². The number of ether oxygens (including phenoxy) is 1. The van der Waals surface area contributed by atoms with E-state index in [9.17, 15) is 9.00 Å². The van der Waals surface area contributed by atoms with Gasteiger partial charge in [0.15, 0.2) is 16.7 Å². The van der Waals surface area contributed by atoms with Gasteiger partial charge in [-0.25, -0.2) is 18.9 Å². The largest absolute Gasteiger partial charge is 0.495 e. The topological polar surface area (TPSA) is 119 Å². The predicted octanol–water partition coefficient (Wildman–Crippen LogP) is 1.79. The molecule has 25 heavy (non-hydrogen) atoms. The number of hydrogen-bond donors (Lipinski definition) is 3. The van der Waals surface area contributed by atoms with Crippen LogP contribution in [0.5, 0.6) is 5.75 Å². The number of aromatic nitrogens is 2. The molecule has 1 heterocycles. The van der Waals surface area contributed by atoms with Crippen molar-refractivity contribution in [2.75, 3.05) is 19.5 Å². The number of halogens is 1. The highest BCUT2D eigenvalue weighted by molar-refractivity contribution is 7.83. The zero-order valence-corrected chi connectivity index (χ0v) is 15.5. The van der Waals surface area contributed by atoms with Gasteiger partial charge in [0.1, 0.15) is 16.7 Å². The van der Waals surface area contributed by atoms with Crippen molar-refractivity contribution in [3.8, 4) is 5.75 Å². The molecule has 4 N–H and O–H groups in total. The Morgan fingerprint density at radius 2 is 2.12 bits per heavy atom. The highest BCUT2D eigenvalue weighted by Gasteiger charge is 2.17. The van der Waals surface area contributed by atoms with Crippen molar-refractivity contribution >= 4 is 40.0 Å². The van der Waals surface area contributed by atoms with Crippen LogP contribution in [-0.4, -0.2) is 34.2 Å². The van der Waals surface area contributed by atoms with Crippen LogP contribution in [0.15, 0.2) is 23.1 Å². The third-order valence-corrected chi connectivity index (χ3v) is 4.71. The number of anilines is 2. The Bertz CT molecular complexity index is 831. The summed E-state index contributed by atoms with van der Waals surface area (Å²) in [7, 11) is 1.64. The normalized spacial score (nSPS) is 11.8. The fraction of sp³-hybridized carbons (Fsp3) is 0.267. The summed E-state index contributed by atoms with van der Waals surface area (Å²) in [5.74, 6) is -0.178. The lowest BCUT2D eigenvalue weighted by atomic mass is 10.2. The first-order valence-electron chi connectivity index (χ1n) is 7.31. The van der Waals surface area contributed by atoms with E-state index in [0.29, 0.717) is 28.4 Å². The van der Waals surface area contributed by atoms with Crippen LogP contribution in [0.4, 0.5) is 11.5 Å². The molecule has 0 fully saturated rings. The van der Waals surface area contributed by atoms with Crippen LogP contribution in [0, 0.1) is 0 Å². The number of nitrogens with zero attached hydrogens (tertiary/aromatic N) is 2. The summed E-state index contributed by atoms with van der Waals surface area (Å²) in [6, 6.07) is 4.92. The van der Waals surface area contributed by atoms with Crippen molar-refractivity contribution in [3.05, 3.63) is 34.7 Å². The number of methoxy groups -OCH3 is 1. The Morgan fingerprint density at radius 3 is 2.68 bits per heavy atom. The summed E-state index contributed by atoms with van der Waals surface area (Å²) in [4.78, 5) is 20.5. The number of primary amides is 1. The van der Waals surface area contributed by atoms with E-state index in [-0.39, 0.29) is 16.7 Å². The molecular weight excluding hydrogens is 366 g/mol. The highest BCUT2D eigenvalue weighted by Crippen LogP contribution is 2.28. The minimum Gasteiger partial charge on any atom is -0.495 e. The molecule has 0 spiro atoms. The second-order valence-electron chi connectivity index (χ2n) is 4.84. The van der Waals surface area contributed by atoms with Crippen molar-refractivity contribution in [1.82, 2.24) is 14.7 Å². The standard InChI is InChI=1S/C15H18ClN5O3S/c1-4-9-13(16)21-15(12(20-9)14(17)22)19-8-5-6-11(25(23)18-2)10(7-8)24-3/h5-7,18H,4H2,1-3H3,(H2,17,22)(H,19,21). The first kappa shape index (κ1) is 19.1. The van der Waals surface area contributed by atoms with E-state index in [0.717, 1.165) is 0 Å². The number of rotatable bonds is 7. The number of amides is 1. The van der Waals surface area contributed by atoms with Gasteiger partial charge in [0.05, 0.1) is 17.7 Å². The number of benzene rings is 1. The summed E-state index contributed by atoms with van der Waals surface area (Å²) < 4.78 is 19.8. The maximum Gasteiger partial charge on any atom is 0.271 e. The third-order valence-electron chi connectivity index (χ3n) is 3.30. The van der Waals surface area contributed by atoms with Gasteiger partial charge in [0, 0.05) is 11.8 Å². The number of hydrogen-bond acceptors (Lipinski definition) is 6. The molecule has 1 aromatic heterocycles. The van der Waals surface area contributed by atoms with Gasteiger partial charge in [-0.3, -0.25) is 4.79 Å². The molecule has 0 saturated carbocycles. The summed E-state index contributed by atoms with van der Waals surface area (Å²) in [6.45, 7) is 1.85. The Labute approximate surface area is 152 Å². The lowest BCUT2D eigenvalue weighted by Gasteiger charge is -2.13. The van der Waals surface area contributed by atoms with Gasteiger partial charge in [0.2, 0.25) is 0 Å². The van der Waals surface area contributed by atoms with Crippen molar-refractivity contribution in [1.29, 1.82) is 0 Å². The SMILES string of the molecule is CCc1nc(C(N)=O)c(Nc2ccc(S(=O)NC)c(OC)c2)nc1Cl. The van der Waals surface area contributed by atoms with Crippen LogP contribution in [0.2, 0.25) is 5.15 Å². The molecule has 0 bridgehead atoms. The van der Waals surface area contributed by atoms with Crippen LogP contribution >= 0.6 is 11.6 Å². The second kappa shape index (κ2) is 8.24. The molecule has 1 aromatic carbocycles. The average molecular weight is 384 g/mol. The summed E-state index contributed by atoms with van der Waals surface area (Å²) in [5.41, 5.74) is 6.40. The second-order valence-corrected chi connectivity index (χ2v) is 6.58. The highest BCUT2D eigenvalue weighted by atomic mass is 35.5. The zero-order chi connectivity index (χ0) is 18.6. The average Bonchev–Trinajstić information content (AvgIpc) is 2.60. The van der Waals surface area contributed by atoms with E-state index in [2.05, 4.69) is 20.0 Å². The minimum absolute atomic E-state index is 0.0110. The Kier molecular flexibility index (Phi) is 6.29. The molecule has 1 unspecified atom stereocenters. The lowest BCUT2D eigenvalue weighted by Crippen LogP contribution is -2.18. The Balaban J connectivity index is 2.44. The monoisotopic (exact) mass is 383 g/mol. The van der Waals surface area contributed by atoms with Crippen molar-refractivity contribution in [3.63, 3.8) is 0 Å². The molecule has 0 aliphatic rings. The smallest absolute Gasteiger partial charge is 0.271 e. The maximum atomic E-state index is 11.9. The van der Waals surface area contributed by atoms with Crippen LogP contribution in [-0.2, 0) is 17.4 Å². The molecule has 0 radical (unpaired) electrons. The molecule has 8 nitrogen and oxygen atoms in total. The van der Waals surface area contributed by atoms with E-state index in [4.69, 9.17) is 22.1 Å². The van der Waals surface area contributed by atoms with Crippen LogP contribution in [0.1, 0.15) is 23.1 Å². The molecule has 10 heteroatoms. The van der Waals surface area contributed by atoms with E-state index in [1.54, 1.807) is 25.2 Å². The molecule has 1 atom stereocenters. The molecule has 0 saturated heterocycles. The molecule has 134 valence electrons. The number of nitrogens with two attached hydrogens (primary N) is 1. The van der Waals surface area contributed by atoms with Crippen LogP contribution < -0.4 is 20.5 Å². The molecule has 0 aliphatic heterocycles. The van der Waals surface area contributed by atoms with E-state index in [1.807, 2.05) is 6.92 Å². The van der Waals surface area contributed by atoms with Gasteiger partial charge >= 0.3 is 0 Å². The molecule has 2 aromatic rings. The van der Waals surface area contributed by atoms with E-state index in [1.165, 1.54) is 7.11 Å². The quantitative estimate of drug-likeness (QED) is 0.670. The third kappa shape index (κ3) is 4.25. The van der Waals surface area contributed by atoms with Crippen molar-refractivity contribution in [2.45, 2.75) is 18.2 Å². The Morgan fingerprint density at radius 1 is 1.40 bits per heavy atom. The van der Waals surface area contributed by atoms with Crippen LogP contribution in [0.25, 0.3) is 0 Å². The van der Waals surface area contributed by atoms with Crippen molar-refractivity contribution < 1.29 is 13.7 Å². The first-order chi connectivity index (χ1) is 11.9. The molecule has 2 rings (SSSR count). The summed E-state index contributed by atoms with van der Waals surface area (Å²) in [6.07, 6.45) is 0.519. The predicted molar refractivity (Wildman–Crippen MR) is 96.7 cm³/mol. The Hall–Kier alpha value is -2.23. The van der Waals surface area contributed by atoms with Gasteiger partial charge in [-0.2, -0.15) is 0 Å². The molecular formula is C15H18ClN5O3S. The van der Waals surface area contributed by atoms with Gasteiger partial charge in [-0.1, -0.05) is 18.5 Å². The van der Waals surface area contributed by atoms with Gasteiger partial charge in [-0.15, -0.1) is 0 Å². The lowest BCUT2D eigenvalue weighted by molar-refractivity contribution is 0.0996. The fourth-order valence-electron chi connectivity index (χ4n) is 2.08. The number of nitrogens with one attached hydrogen (secondary N) is 2.